The highest BCUT2D eigenvalue weighted by Gasteiger charge is 2.14. The van der Waals surface area contributed by atoms with Crippen molar-refractivity contribution in [1.82, 2.24) is 0 Å². The maximum Gasteiger partial charge on any atom is 0.270 e. The zero-order valence-corrected chi connectivity index (χ0v) is 9.34. The molecule has 5 nitrogen and oxygen atoms in total. The van der Waals surface area contributed by atoms with Crippen LogP contribution in [0, 0.1) is 10.1 Å². The van der Waals surface area contributed by atoms with E-state index in [1.54, 1.807) is 6.92 Å². The van der Waals surface area contributed by atoms with Crippen molar-refractivity contribution >= 4 is 5.69 Å². The van der Waals surface area contributed by atoms with Gasteiger partial charge in [0.2, 0.25) is 0 Å². The van der Waals surface area contributed by atoms with Crippen LogP contribution in [0.4, 0.5) is 5.69 Å². The van der Waals surface area contributed by atoms with Gasteiger partial charge in [0.15, 0.2) is 0 Å². The van der Waals surface area contributed by atoms with E-state index in [0.717, 1.165) is 6.42 Å². The van der Waals surface area contributed by atoms with Gasteiger partial charge in [-0.2, -0.15) is 0 Å². The van der Waals surface area contributed by atoms with E-state index in [1.165, 1.54) is 18.2 Å². The second-order valence-corrected chi connectivity index (χ2v) is 3.50. The molecule has 0 bridgehead atoms. The normalized spacial score (nSPS) is 12.2. The number of nitro groups is 1. The van der Waals surface area contributed by atoms with E-state index >= 15 is 0 Å². The van der Waals surface area contributed by atoms with Crippen molar-refractivity contribution in [2.24, 2.45) is 0 Å². The van der Waals surface area contributed by atoms with E-state index in [0.29, 0.717) is 17.9 Å². The first-order valence-corrected chi connectivity index (χ1v) is 5.15. The van der Waals surface area contributed by atoms with Gasteiger partial charge in [0.1, 0.15) is 5.75 Å². The highest BCUT2D eigenvalue weighted by atomic mass is 16.6. The van der Waals surface area contributed by atoms with Crippen LogP contribution in [0.3, 0.4) is 0 Å². The highest BCUT2D eigenvalue weighted by Crippen LogP contribution is 2.29. The molecular weight excluding hydrogens is 210 g/mol. The predicted octanol–water partition coefficient (Wildman–Crippen LogP) is 2.44. The number of nitrogens with zero attached hydrogens (tertiary/aromatic N) is 1. The SMILES string of the molecule is CCCOc1ccc([N+](=O)[O-])cc1[C@@H](C)O. The van der Waals surface area contributed by atoms with Crippen molar-refractivity contribution in [1.29, 1.82) is 0 Å². The number of benzene rings is 1. The number of aliphatic hydroxyl groups excluding tert-OH is 1. The first-order chi connectivity index (χ1) is 7.56. The molecule has 0 fully saturated rings. The molecule has 0 aromatic heterocycles. The molecule has 0 unspecified atom stereocenters. The molecule has 1 rings (SSSR count). The Bertz CT molecular complexity index is 376. The van der Waals surface area contributed by atoms with E-state index in [2.05, 4.69) is 0 Å². The highest BCUT2D eigenvalue weighted by molar-refractivity contribution is 5.44. The van der Waals surface area contributed by atoms with Crippen LogP contribution >= 0.6 is 0 Å². The average molecular weight is 225 g/mol. The summed E-state index contributed by atoms with van der Waals surface area (Å²) in [5.41, 5.74) is 0.405. The molecule has 0 amide bonds. The maximum absolute atomic E-state index is 10.6. The van der Waals surface area contributed by atoms with E-state index in [-0.39, 0.29) is 5.69 Å². The van der Waals surface area contributed by atoms with Gasteiger partial charge in [0, 0.05) is 17.7 Å². The van der Waals surface area contributed by atoms with Crippen molar-refractivity contribution in [2.75, 3.05) is 6.61 Å². The third-order valence-electron chi connectivity index (χ3n) is 2.12. The Morgan fingerprint density at radius 3 is 2.75 bits per heavy atom. The molecule has 5 heteroatoms. The Balaban J connectivity index is 3.04. The Labute approximate surface area is 93.8 Å². The van der Waals surface area contributed by atoms with Gasteiger partial charge >= 0.3 is 0 Å². The van der Waals surface area contributed by atoms with Gasteiger partial charge in [0.05, 0.1) is 17.6 Å². The maximum atomic E-state index is 10.6. The number of nitro benzene ring substituents is 1. The van der Waals surface area contributed by atoms with E-state index < -0.39 is 11.0 Å². The van der Waals surface area contributed by atoms with Crippen LogP contribution in [0.5, 0.6) is 5.75 Å². The number of aliphatic hydroxyl groups is 1. The van der Waals surface area contributed by atoms with Crippen LogP contribution in [0.25, 0.3) is 0 Å². The monoisotopic (exact) mass is 225 g/mol. The van der Waals surface area contributed by atoms with Gasteiger partial charge in [-0.1, -0.05) is 6.92 Å². The molecule has 0 radical (unpaired) electrons. The fourth-order valence-electron chi connectivity index (χ4n) is 1.32. The summed E-state index contributed by atoms with van der Waals surface area (Å²) in [6, 6.07) is 4.24. The zero-order valence-electron chi connectivity index (χ0n) is 9.34. The molecule has 0 aliphatic rings. The van der Waals surface area contributed by atoms with Gasteiger partial charge in [-0.25, -0.2) is 0 Å². The first kappa shape index (κ1) is 12.4. The van der Waals surface area contributed by atoms with Crippen LogP contribution in [-0.4, -0.2) is 16.6 Å². The molecule has 1 aromatic carbocycles. The van der Waals surface area contributed by atoms with Crippen LogP contribution in [-0.2, 0) is 0 Å². The van der Waals surface area contributed by atoms with Crippen molar-refractivity contribution < 1.29 is 14.8 Å². The van der Waals surface area contributed by atoms with Crippen molar-refractivity contribution in [3.8, 4) is 5.75 Å². The minimum Gasteiger partial charge on any atom is -0.493 e. The topological polar surface area (TPSA) is 72.6 Å². The number of rotatable bonds is 5. The van der Waals surface area contributed by atoms with Crippen LogP contribution in [0.2, 0.25) is 0 Å². The summed E-state index contributed by atoms with van der Waals surface area (Å²) in [7, 11) is 0. The van der Waals surface area contributed by atoms with Crippen molar-refractivity contribution in [3.63, 3.8) is 0 Å². The van der Waals surface area contributed by atoms with E-state index in [4.69, 9.17) is 4.74 Å². The van der Waals surface area contributed by atoms with Crippen molar-refractivity contribution in [2.45, 2.75) is 26.4 Å². The molecule has 1 aromatic rings. The third kappa shape index (κ3) is 2.93. The Morgan fingerprint density at radius 2 is 2.25 bits per heavy atom. The number of non-ortho nitro benzene ring substituents is 1. The Kier molecular flexibility index (Phi) is 4.25. The molecule has 0 aliphatic carbocycles. The number of hydrogen-bond acceptors (Lipinski definition) is 4. The molecule has 88 valence electrons. The summed E-state index contributed by atoms with van der Waals surface area (Å²) >= 11 is 0. The quantitative estimate of drug-likeness (QED) is 0.617. The molecule has 1 atom stereocenters. The minimum absolute atomic E-state index is 0.0419. The predicted molar refractivity (Wildman–Crippen MR) is 59.5 cm³/mol. The van der Waals surface area contributed by atoms with E-state index in [1.807, 2.05) is 6.92 Å². The lowest BCUT2D eigenvalue weighted by Crippen LogP contribution is -2.02. The van der Waals surface area contributed by atoms with Gasteiger partial charge < -0.3 is 9.84 Å². The molecule has 0 saturated heterocycles. The third-order valence-corrected chi connectivity index (χ3v) is 2.12. The summed E-state index contributed by atoms with van der Waals surface area (Å²) in [5, 5.41) is 20.1. The van der Waals surface area contributed by atoms with Gasteiger partial charge in [0.25, 0.3) is 5.69 Å². The molecular formula is C11H15NO4. The number of hydrogen-bond donors (Lipinski definition) is 1. The molecule has 0 heterocycles. The lowest BCUT2D eigenvalue weighted by Gasteiger charge is -2.12. The summed E-state index contributed by atoms with van der Waals surface area (Å²) in [5.74, 6) is 0.502. The van der Waals surface area contributed by atoms with Crippen LogP contribution < -0.4 is 4.74 Å². The second kappa shape index (κ2) is 5.46. The van der Waals surface area contributed by atoms with E-state index in [9.17, 15) is 15.2 Å². The molecule has 0 saturated carbocycles. The largest absolute Gasteiger partial charge is 0.493 e. The fourth-order valence-corrected chi connectivity index (χ4v) is 1.32. The number of ether oxygens (including phenoxy) is 1. The van der Waals surface area contributed by atoms with Gasteiger partial charge in [-0.05, 0) is 19.4 Å². The fraction of sp³-hybridized carbons (Fsp3) is 0.455. The second-order valence-electron chi connectivity index (χ2n) is 3.50. The van der Waals surface area contributed by atoms with Gasteiger partial charge in [-0.3, -0.25) is 10.1 Å². The minimum atomic E-state index is -0.785. The van der Waals surface area contributed by atoms with Crippen LogP contribution in [0.1, 0.15) is 31.9 Å². The average Bonchev–Trinajstić information content (AvgIpc) is 2.25. The summed E-state index contributed by atoms with van der Waals surface area (Å²) in [6.07, 6.45) is 0.0581. The zero-order chi connectivity index (χ0) is 12.1. The smallest absolute Gasteiger partial charge is 0.270 e. The molecule has 16 heavy (non-hydrogen) atoms. The van der Waals surface area contributed by atoms with Gasteiger partial charge in [-0.15, -0.1) is 0 Å². The summed E-state index contributed by atoms with van der Waals surface area (Å²) in [6.45, 7) is 4.04. The summed E-state index contributed by atoms with van der Waals surface area (Å²) < 4.78 is 5.40. The van der Waals surface area contributed by atoms with Crippen LogP contribution in [0.15, 0.2) is 18.2 Å². The standard InChI is InChI=1S/C11H15NO4/c1-3-6-16-11-5-4-9(12(14)15)7-10(11)8(2)13/h4-5,7-8,13H,3,6H2,1-2H3/t8-/m1/s1. The first-order valence-electron chi connectivity index (χ1n) is 5.15. The molecule has 0 spiro atoms. The molecule has 1 N–H and O–H groups in total. The molecule has 0 aliphatic heterocycles. The Hall–Kier alpha value is -1.62. The Morgan fingerprint density at radius 1 is 1.56 bits per heavy atom. The lowest BCUT2D eigenvalue weighted by atomic mass is 10.1. The lowest BCUT2D eigenvalue weighted by molar-refractivity contribution is -0.385. The summed E-state index contributed by atoms with van der Waals surface area (Å²) in [4.78, 5) is 10.1. The van der Waals surface area contributed by atoms with Crippen molar-refractivity contribution in [3.05, 3.63) is 33.9 Å².